The number of pyridine rings is 1. The molecule has 2 aromatic carbocycles. The maximum Gasteiger partial charge on any atom is 0.415 e. The summed E-state index contributed by atoms with van der Waals surface area (Å²) in [5, 5.41) is 2.70. The van der Waals surface area contributed by atoms with Crippen molar-refractivity contribution in [3.63, 3.8) is 0 Å². The Balaban J connectivity index is 1.59. The van der Waals surface area contributed by atoms with Gasteiger partial charge in [-0.15, -0.1) is 0 Å². The van der Waals surface area contributed by atoms with E-state index < -0.39 is 17.6 Å². The third-order valence-corrected chi connectivity index (χ3v) is 5.26. The van der Waals surface area contributed by atoms with E-state index in [9.17, 15) is 9.59 Å². The van der Waals surface area contributed by atoms with Crippen LogP contribution < -0.4 is 14.8 Å². The van der Waals surface area contributed by atoms with Gasteiger partial charge in [-0.3, -0.25) is 10.1 Å². The van der Waals surface area contributed by atoms with E-state index in [0.717, 1.165) is 18.4 Å². The maximum atomic E-state index is 12.2. The molecule has 3 aromatic rings. The van der Waals surface area contributed by atoms with Gasteiger partial charge in [-0.25, -0.2) is 9.78 Å². The van der Waals surface area contributed by atoms with Crippen LogP contribution in [0.2, 0.25) is 5.02 Å². The second-order valence-electron chi connectivity index (χ2n) is 7.44. The largest absolute Gasteiger partial charge is 0.457 e. The number of alkyl carbamates (subject to hydrolysis) is 1. The number of amides is 2. The van der Waals surface area contributed by atoms with Crippen molar-refractivity contribution in [2.24, 2.45) is 0 Å². The van der Waals surface area contributed by atoms with Gasteiger partial charge in [0.05, 0.1) is 0 Å². The lowest BCUT2D eigenvalue weighted by Gasteiger charge is -2.20. The molecule has 0 saturated carbocycles. The van der Waals surface area contributed by atoms with Gasteiger partial charge in [-0.05, 0) is 55.3 Å². The van der Waals surface area contributed by atoms with E-state index in [4.69, 9.17) is 25.8 Å². The molecule has 1 atom stereocenters. The normalized spacial score (nSPS) is 17.6. The summed E-state index contributed by atoms with van der Waals surface area (Å²) in [4.78, 5) is 27.9. The van der Waals surface area contributed by atoms with E-state index in [2.05, 4.69) is 17.2 Å². The highest BCUT2D eigenvalue weighted by Crippen LogP contribution is 2.35. The van der Waals surface area contributed by atoms with Gasteiger partial charge in [0.2, 0.25) is 11.5 Å². The van der Waals surface area contributed by atoms with Gasteiger partial charge in [0.1, 0.15) is 17.2 Å². The maximum absolute atomic E-state index is 12.2. The molecule has 0 unspecified atom stereocenters. The van der Waals surface area contributed by atoms with E-state index in [1.165, 1.54) is 0 Å². The molecule has 0 radical (unpaired) electrons. The molecule has 0 spiro atoms. The molecule has 4 rings (SSSR count). The van der Waals surface area contributed by atoms with Crippen LogP contribution in [0.3, 0.4) is 0 Å². The first-order chi connectivity index (χ1) is 15.4. The van der Waals surface area contributed by atoms with Gasteiger partial charge in [0, 0.05) is 22.8 Å². The minimum atomic E-state index is -1.40. The highest BCUT2D eigenvalue weighted by atomic mass is 35.5. The third-order valence-electron chi connectivity index (χ3n) is 5.03. The Bertz CT molecular complexity index is 1180. The lowest BCUT2D eigenvalue weighted by Crippen LogP contribution is -2.33. The average molecular weight is 453 g/mol. The zero-order valence-corrected chi connectivity index (χ0v) is 18.3. The Morgan fingerprint density at radius 3 is 2.59 bits per heavy atom. The van der Waals surface area contributed by atoms with Crippen molar-refractivity contribution in [2.45, 2.75) is 32.3 Å². The quantitative estimate of drug-likeness (QED) is 0.491. The van der Waals surface area contributed by atoms with Crippen LogP contribution in [0.4, 0.5) is 4.79 Å². The number of imide groups is 1. The van der Waals surface area contributed by atoms with Crippen LogP contribution in [0.5, 0.6) is 23.1 Å². The summed E-state index contributed by atoms with van der Waals surface area (Å²) in [5.74, 6) is 1.68. The fourth-order valence-electron chi connectivity index (χ4n) is 3.39. The lowest BCUT2D eigenvalue weighted by molar-refractivity contribution is -0.130. The van der Waals surface area contributed by atoms with Crippen molar-refractivity contribution >= 4 is 23.6 Å². The highest BCUT2D eigenvalue weighted by molar-refractivity contribution is 6.30. The minimum absolute atomic E-state index is 0.402. The highest BCUT2D eigenvalue weighted by Gasteiger charge is 2.46. The van der Waals surface area contributed by atoms with Gasteiger partial charge in [0.15, 0.2) is 0 Å². The molecule has 0 bridgehead atoms. The molecule has 1 saturated heterocycles. The summed E-state index contributed by atoms with van der Waals surface area (Å²) in [5.41, 5.74) is 0.0701. The fraction of sp³-hybridized carbons (Fsp3) is 0.208. The van der Waals surface area contributed by atoms with Crippen LogP contribution in [0, 0.1) is 0 Å². The number of nitrogens with one attached hydrogen (secondary N) is 1. The number of hydrogen-bond acceptors (Lipinski definition) is 6. The first-order valence-electron chi connectivity index (χ1n) is 10.1. The Morgan fingerprint density at radius 1 is 1.06 bits per heavy atom. The Hall–Kier alpha value is -3.58. The van der Waals surface area contributed by atoms with Crippen molar-refractivity contribution in [2.75, 3.05) is 0 Å². The second-order valence-corrected chi connectivity index (χ2v) is 7.88. The van der Waals surface area contributed by atoms with Gasteiger partial charge in [-0.2, -0.15) is 0 Å². The smallest absolute Gasteiger partial charge is 0.415 e. The lowest BCUT2D eigenvalue weighted by atomic mass is 9.95. The summed E-state index contributed by atoms with van der Waals surface area (Å²) in [6.07, 6.45) is 2.49. The number of carbonyl (C=O) groups excluding carboxylic acids is 2. The molecular formula is C24H21ClN2O5. The Morgan fingerprint density at radius 2 is 1.88 bits per heavy atom. The third kappa shape index (κ3) is 4.53. The molecule has 7 nitrogen and oxygen atoms in total. The number of halogens is 1. The molecule has 2 amide bonds. The number of carbonyl (C=O) groups is 2. The molecule has 1 N–H and O–H groups in total. The summed E-state index contributed by atoms with van der Waals surface area (Å²) in [6, 6.07) is 15.8. The van der Waals surface area contributed by atoms with E-state index in [1.807, 2.05) is 12.1 Å². The predicted molar refractivity (Wildman–Crippen MR) is 118 cm³/mol. The Kier molecular flexibility index (Phi) is 6.01. The minimum Gasteiger partial charge on any atom is -0.457 e. The van der Waals surface area contributed by atoms with Crippen molar-refractivity contribution in [3.05, 3.63) is 76.9 Å². The van der Waals surface area contributed by atoms with Gasteiger partial charge < -0.3 is 14.2 Å². The molecule has 32 heavy (non-hydrogen) atoms. The van der Waals surface area contributed by atoms with Crippen molar-refractivity contribution in [1.82, 2.24) is 10.3 Å². The summed E-state index contributed by atoms with van der Waals surface area (Å²) < 4.78 is 17.2. The molecule has 0 aliphatic carbocycles. The van der Waals surface area contributed by atoms with Crippen molar-refractivity contribution in [1.29, 1.82) is 0 Å². The van der Waals surface area contributed by atoms with Crippen LogP contribution in [0.1, 0.15) is 31.4 Å². The number of nitrogens with zero attached hydrogens (tertiary/aromatic N) is 1. The number of benzene rings is 2. The molecule has 164 valence electrons. The van der Waals surface area contributed by atoms with Crippen LogP contribution in [0.25, 0.3) is 0 Å². The van der Waals surface area contributed by atoms with E-state index >= 15 is 0 Å². The van der Waals surface area contributed by atoms with E-state index in [0.29, 0.717) is 33.7 Å². The van der Waals surface area contributed by atoms with Crippen LogP contribution in [0.15, 0.2) is 60.8 Å². The number of ether oxygens (including phenoxy) is 3. The number of cyclic esters (lactones) is 1. The van der Waals surface area contributed by atoms with Crippen LogP contribution in [-0.4, -0.2) is 17.0 Å². The van der Waals surface area contributed by atoms with Crippen LogP contribution >= 0.6 is 11.6 Å². The summed E-state index contributed by atoms with van der Waals surface area (Å²) in [6.45, 7) is 3.62. The van der Waals surface area contributed by atoms with E-state index in [1.54, 1.807) is 55.6 Å². The Labute approximate surface area is 190 Å². The molecule has 8 heteroatoms. The number of hydrogen-bond donors (Lipinski definition) is 1. The molecule has 1 aliphatic rings. The van der Waals surface area contributed by atoms with E-state index in [-0.39, 0.29) is 0 Å². The number of aromatic nitrogens is 1. The summed E-state index contributed by atoms with van der Waals surface area (Å²) in [7, 11) is 0. The van der Waals surface area contributed by atoms with Gasteiger partial charge in [0.25, 0.3) is 5.91 Å². The molecule has 2 heterocycles. The number of rotatable bonds is 7. The predicted octanol–water partition coefficient (Wildman–Crippen LogP) is 5.75. The summed E-state index contributed by atoms with van der Waals surface area (Å²) >= 11 is 6.00. The van der Waals surface area contributed by atoms with Crippen molar-refractivity contribution < 1.29 is 23.8 Å². The topological polar surface area (TPSA) is 86.8 Å². The molecule has 1 aromatic heterocycles. The van der Waals surface area contributed by atoms with Crippen LogP contribution in [-0.2, 0) is 21.6 Å². The zero-order chi connectivity index (χ0) is 22.7. The van der Waals surface area contributed by atoms with Gasteiger partial charge in [-0.1, -0.05) is 37.1 Å². The zero-order valence-electron chi connectivity index (χ0n) is 17.6. The van der Waals surface area contributed by atoms with Gasteiger partial charge >= 0.3 is 6.09 Å². The SMILES string of the molecule is CCCc1cc(Oc2cc(Cl)ccn2)ccc1Oc1cccc([C@@]2(C)OC(=O)NC2=O)c1. The monoisotopic (exact) mass is 452 g/mol. The molecule has 1 aliphatic heterocycles. The average Bonchev–Trinajstić information content (AvgIpc) is 3.03. The fourth-order valence-corrected chi connectivity index (χ4v) is 3.54. The molecule has 1 fully saturated rings. The second kappa shape index (κ2) is 8.88. The first-order valence-corrected chi connectivity index (χ1v) is 10.5. The standard InChI is InChI=1S/C24H21ClN2O5/c1-3-5-15-12-19(31-21-14-17(25)10-11-26-21)8-9-20(15)30-18-7-4-6-16(13-18)24(2)22(28)27-23(29)32-24/h4,6-14H,3,5H2,1-2H3,(H,27,28,29)/t24-/m1/s1. The van der Waals surface area contributed by atoms with Crippen molar-refractivity contribution in [3.8, 4) is 23.1 Å². The molecular weight excluding hydrogens is 432 g/mol. The number of aryl methyl sites for hydroxylation is 1. The first kappa shape index (κ1) is 21.6.